The van der Waals surface area contributed by atoms with E-state index in [0.29, 0.717) is 17.4 Å². The van der Waals surface area contributed by atoms with Gasteiger partial charge < -0.3 is 0 Å². The van der Waals surface area contributed by atoms with Crippen molar-refractivity contribution in [2.75, 3.05) is 0 Å². The first-order chi connectivity index (χ1) is 6.61. The van der Waals surface area contributed by atoms with Crippen molar-refractivity contribution in [2.24, 2.45) is 11.8 Å². The van der Waals surface area contributed by atoms with E-state index in [0.717, 1.165) is 0 Å². The lowest BCUT2D eigenvalue weighted by atomic mass is 9.90. The number of unbranched alkanes of at least 4 members (excludes halogenated alkanes) is 1. The molecule has 0 aromatic carbocycles. The Bertz CT molecular complexity index is 219. The molecule has 0 aliphatic heterocycles. The van der Waals surface area contributed by atoms with Gasteiger partial charge in [0, 0.05) is 5.57 Å². The second-order valence-corrected chi connectivity index (χ2v) is 4.19. The molecule has 0 rings (SSSR count). The van der Waals surface area contributed by atoms with Crippen molar-refractivity contribution >= 4 is 5.94 Å². The zero-order chi connectivity index (χ0) is 11.0. The van der Waals surface area contributed by atoms with Gasteiger partial charge in [0.1, 0.15) is 5.94 Å². The number of hydrogen-bond acceptors (Lipinski definition) is 1. The van der Waals surface area contributed by atoms with Crippen LogP contribution >= 0.6 is 0 Å². The molecule has 0 saturated carbocycles. The Morgan fingerprint density at radius 3 is 2.50 bits per heavy atom. The zero-order valence-electron chi connectivity index (χ0n) is 9.84. The molecule has 0 aliphatic rings. The maximum absolute atomic E-state index is 10.3. The number of rotatable bonds is 6. The lowest BCUT2D eigenvalue weighted by molar-refractivity contribution is 0.422. The molecule has 14 heavy (non-hydrogen) atoms. The van der Waals surface area contributed by atoms with Crippen molar-refractivity contribution in [3.8, 4) is 0 Å². The molecule has 0 bridgehead atoms. The highest BCUT2D eigenvalue weighted by molar-refractivity contribution is 5.55. The fourth-order valence-corrected chi connectivity index (χ4v) is 1.39. The van der Waals surface area contributed by atoms with E-state index < -0.39 is 0 Å². The third-order valence-electron chi connectivity index (χ3n) is 2.50. The lowest BCUT2D eigenvalue weighted by Gasteiger charge is -2.16. The van der Waals surface area contributed by atoms with Gasteiger partial charge in [0.25, 0.3) is 0 Å². The molecule has 80 valence electrons. The molecular weight excluding hydrogens is 172 g/mol. The minimum absolute atomic E-state index is 0.596. The Kier molecular flexibility index (Phi) is 7.14. The SMILES string of the molecule is CCCCC(C=CC(C)=C=O)C(C)C. The zero-order valence-corrected chi connectivity index (χ0v) is 9.84. The second-order valence-electron chi connectivity index (χ2n) is 4.19. The first-order valence-electron chi connectivity index (χ1n) is 5.51. The van der Waals surface area contributed by atoms with Gasteiger partial charge in [-0.3, -0.25) is 0 Å². The van der Waals surface area contributed by atoms with E-state index in [1.807, 2.05) is 12.0 Å². The fourth-order valence-electron chi connectivity index (χ4n) is 1.39. The summed E-state index contributed by atoms with van der Waals surface area (Å²) in [7, 11) is 0. The molecule has 0 aromatic rings. The van der Waals surface area contributed by atoms with Crippen LogP contribution in [0, 0.1) is 11.8 Å². The predicted molar refractivity (Wildman–Crippen MR) is 61.9 cm³/mol. The first kappa shape index (κ1) is 13.2. The Morgan fingerprint density at radius 2 is 2.07 bits per heavy atom. The van der Waals surface area contributed by atoms with E-state index in [9.17, 15) is 4.79 Å². The van der Waals surface area contributed by atoms with Crippen LogP contribution in [-0.4, -0.2) is 5.94 Å². The largest absolute Gasteiger partial charge is 0.233 e. The van der Waals surface area contributed by atoms with Crippen LogP contribution in [0.3, 0.4) is 0 Å². The van der Waals surface area contributed by atoms with Gasteiger partial charge in [-0.2, -0.15) is 0 Å². The average molecular weight is 194 g/mol. The van der Waals surface area contributed by atoms with Crippen LogP contribution in [0.4, 0.5) is 0 Å². The Labute approximate surface area is 87.9 Å². The van der Waals surface area contributed by atoms with Gasteiger partial charge in [-0.05, 0) is 25.2 Å². The lowest BCUT2D eigenvalue weighted by Crippen LogP contribution is -2.05. The van der Waals surface area contributed by atoms with Crippen LogP contribution in [0.2, 0.25) is 0 Å². The fraction of sp³-hybridized carbons (Fsp3) is 0.692. The van der Waals surface area contributed by atoms with Gasteiger partial charge in [0.2, 0.25) is 0 Å². The number of allylic oxidation sites excluding steroid dienone is 3. The summed E-state index contributed by atoms with van der Waals surface area (Å²) in [5.74, 6) is 3.14. The molecule has 0 aliphatic carbocycles. The van der Waals surface area contributed by atoms with Crippen molar-refractivity contribution in [2.45, 2.75) is 47.0 Å². The average Bonchev–Trinajstić information content (AvgIpc) is 2.16. The smallest absolute Gasteiger partial charge is 0.127 e. The van der Waals surface area contributed by atoms with E-state index in [-0.39, 0.29) is 0 Å². The molecule has 1 unspecified atom stereocenters. The molecule has 1 nitrogen and oxygen atoms in total. The second kappa shape index (κ2) is 7.58. The summed E-state index contributed by atoms with van der Waals surface area (Å²) in [5, 5.41) is 0. The Morgan fingerprint density at radius 1 is 1.43 bits per heavy atom. The van der Waals surface area contributed by atoms with Crippen LogP contribution in [0.15, 0.2) is 17.7 Å². The van der Waals surface area contributed by atoms with Crippen LogP contribution in [0.1, 0.15) is 47.0 Å². The Balaban J connectivity index is 4.22. The van der Waals surface area contributed by atoms with Crippen molar-refractivity contribution in [3.63, 3.8) is 0 Å². The van der Waals surface area contributed by atoms with Gasteiger partial charge >= 0.3 is 0 Å². The summed E-state index contributed by atoms with van der Waals surface area (Å²) in [5.41, 5.74) is 0.687. The van der Waals surface area contributed by atoms with Crippen molar-refractivity contribution in [3.05, 3.63) is 17.7 Å². The van der Waals surface area contributed by atoms with Crippen molar-refractivity contribution in [1.82, 2.24) is 0 Å². The highest BCUT2D eigenvalue weighted by atomic mass is 16.1. The molecule has 0 aromatic heterocycles. The van der Waals surface area contributed by atoms with E-state index in [1.54, 1.807) is 6.92 Å². The summed E-state index contributed by atoms with van der Waals surface area (Å²) in [4.78, 5) is 10.3. The topological polar surface area (TPSA) is 17.1 Å². The molecule has 0 amide bonds. The summed E-state index contributed by atoms with van der Waals surface area (Å²) < 4.78 is 0. The Hall–Kier alpha value is -0.810. The maximum Gasteiger partial charge on any atom is 0.127 e. The quantitative estimate of drug-likeness (QED) is 0.464. The van der Waals surface area contributed by atoms with Crippen molar-refractivity contribution in [1.29, 1.82) is 0 Å². The minimum Gasteiger partial charge on any atom is -0.233 e. The highest BCUT2D eigenvalue weighted by Gasteiger charge is 2.08. The van der Waals surface area contributed by atoms with Gasteiger partial charge in [-0.15, -0.1) is 0 Å². The maximum atomic E-state index is 10.3. The molecule has 0 N–H and O–H groups in total. The molecule has 0 fully saturated rings. The van der Waals surface area contributed by atoms with Crippen LogP contribution in [0.5, 0.6) is 0 Å². The van der Waals surface area contributed by atoms with E-state index in [4.69, 9.17) is 0 Å². The van der Waals surface area contributed by atoms with Crippen LogP contribution in [-0.2, 0) is 4.79 Å². The summed E-state index contributed by atoms with van der Waals surface area (Å²) in [6.45, 7) is 8.45. The monoisotopic (exact) mass is 194 g/mol. The molecule has 1 atom stereocenters. The van der Waals surface area contributed by atoms with E-state index >= 15 is 0 Å². The van der Waals surface area contributed by atoms with Crippen LogP contribution in [0.25, 0.3) is 0 Å². The van der Waals surface area contributed by atoms with E-state index in [1.165, 1.54) is 19.3 Å². The number of carbonyl (C=O) groups excluding carboxylic acids is 1. The summed E-state index contributed by atoms with van der Waals surface area (Å²) >= 11 is 0. The summed E-state index contributed by atoms with van der Waals surface area (Å²) in [6, 6.07) is 0. The third-order valence-corrected chi connectivity index (χ3v) is 2.50. The minimum atomic E-state index is 0.596. The molecule has 0 radical (unpaired) electrons. The van der Waals surface area contributed by atoms with Gasteiger partial charge in [-0.25, -0.2) is 4.79 Å². The molecule has 0 heterocycles. The normalized spacial score (nSPS) is 13.2. The van der Waals surface area contributed by atoms with Gasteiger partial charge in [0.15, 0.2) is 0 Å². The molecular formula is C13H22O. The summed E-state index contributed by atoms with van der Waals surface area (Å²) in [6.07, 6.45) is 7.77. The first-order valence-corrected chi connectivity index (χ1v) is 5.51. The third kappa shape index (κ3) is 5.77. The number of hydrogen-bond donors (Lipinski definition) is 0. The molecule has 1 heteroatoms. The van der Waals surface area contributed by atoms with Crippen molar-refractivity contribution < 1.29 is 4.79 Å². The van der Waals surface area contributed by atoms with Crippen LogP contribution < -0.4 is 0 Å². The van der Waals surface area contributed by atoms with Gasteiger partial charge in [0.05, 0.1) is 0 Å². The van der Waals surface area contributed by atoms with E-state index in [2.05, 4.69) is 26.8 Å². The standard InChI is InChI=1S/C13H22O/c1-5-6-7-13(11(2)3)9-8-12(4)10-14/h8-9,11,13H,5-7H2,1-4H3. The highest BCUT2D eigenvalue weighted by Crippen LogP contribution is 2.19. The van der Waals surface area contributed by atoms with Gasteiger partial charge in [-0.1, -0.05) is 45.8 Å². The predicted octanol–water partition coefficient (Wildman–Crippen LogP) is 3.78. The molecule has 0 spiro atoms. The molecule has 0 saturated heterocycles.